The number of rotatable bonds is 4. The zero-order valence-corrected chi connectivity index (χ0v) is 16.3. The van der Waals surface area contributed by atoms with Crippen molar-refractivity contribution in [1.29, 1.82) is 0 Å². The molecule has 7 heteroatoms. The molecule has 3 fully saturated rings. The van der Waals surface area contributed by atoms with Crippen LogP contribution in [0.5, 0.6) is 0 Å². The molecule has 3 amide bonds. The lowest BCUT2D eigenvalue weighted by Crippen LogP contribution is -2.51. The summed E-state index contributed by atoms with van der Waals surface area (Å²) in [5.41, 5.74) is 0.685. The van der Waals surface area contributed by atoms with Gasteiger partial charge in [0.25, 0.3) is 5.91 Å². The maximum absolute atomic E-state index is 13.1. The predicted octanol–water partition coefficient (Wildman–Crippen LogP) is 1.56. The number of hydrogen-bond donors (Lipinski definition) is 0. The molecule has 4 rings (SSSR count). The summed E-state index contributed by atoms with van der Waals surface area (Å²) in [5, 5.41) is 0. The van der Waals surface area contributed by atoms with E-state index >= 15 is 0 Å². The summed E-state index contributed by atoms with van der Waals surface area (Å²) in [5.74, 6) is -0.323. The number of piperidine rings is 1. The van der Waals surface area contributed by atoms with Crippen LogP contribution in [0, 0.1) is 5.92 Å². The van der Waals surface area contributed by atoms with Gasteiger partial charge in [0.2, 0.25) is 11.8 Å². The number of likely N-dealkylation sites (N-methyl/N-ethyl adjacent to an activating group) is 1. The molecular formula is C19H25N3O3S. The number of fused-ring (bicyclic) bond motifs is 4. The predicted molar refractivity (Wildman–Crippen MR) is 101 cm³/mol. The Morgan fingerprint density at radius 1 is 1.19 bits per heavy atom. The van der Waals surface area contributed by atoms with Gasteiger partial charge in [0, 0.05) is 38.1 Å². The minimum Gasteiger partial charge on any atom is -0.347 e. The molecule has 0 unspecified atom stereocenters. The van der Waals surface area contributed by atoms with Crippen molar-refractivity contribution in [3.05, 3.63) is 29.8 Å². The largest absolute Gasteiger partial charge is 0.347 e. The van der Waals surface area contributed by atoms with Crippen molar-refractivity contribution in [2.24, 2.45) is 5.92 Å². The lowest BCUT2D eigenvalue weighted by Gasteiger charge is -2.35. The van der Waals surface area contributed by atoms with Crippen molar-refractivity contribution >= 4 is 29.5 Å². The molecule has 0 aromatic heterocycles. The van der Waals surface area contributed by atoms with Gasteiger partial charge in [-0.05, 0) is 31.2 Å². The summed E-state index contributed by atoms with van der Waals surface area (Å²) in [4.78, 5) is 44.0. The van der Waals surface area contributed by atoms with Crippen LogP contribution in [0.2, 0.25) is 0 Å². The molecule has 3 aliphatic heterocycles. The fourth-order valence-corrected chi connectivity index (χ4v) is 4.28. The van der Waals surface area contributed by atoms with Gasteiger partial charge in [0.05, 0.1) is 11.5 Å². The van der Waals surface area contributed by atoms with Gasteiger partial charge in [0.15, 0.2) is 0 Å². The Morgan fingerprint density at radius 2 is 1.92 bits per heavy atom. The first-order valence-corrected chi connectivity index (χ1v) is 10.1. The van der Waals surface area contributed by atoms with Crippen LogP contribution in [0.25, 0.3) is 0 Å². The van der Waals surface area contributed by atoms with E-state index in [1.165, 1.54) is 4.90 Å². The average Bonchev–Trinajstić information content (AvgIpc) is 2.93. The highest BCUT2D eigenvalue weighted by Gasteiger charge is 2.42. The van der Waals surface area contributed by atoms with Gasteiger partial charge in [-0.3, -0.25) is 14.4 Å². The van der Waals surface area contributed by atoms with E-state index in [1.807, 2.05) is 30.5 Å². The van der Waals surface area contributed by atoms with Crippen molar-refractivity contribution in [3.8, 4) is 0 Å². The van der Waals surface area contributed by atoms with E-state index in [4.69, 9.17) is 0 Å². The molecular weight excluding hydrogens is 350 g/mol. The summed E-state index contributed by atoms with van der Waals surface area (Å²) < 4.78 is 0. The topological polar surface area (TPSA) is 60.9 Å². The Morgan fingerprint density at radius 3 is 2.62 bits per heavy atom. The first-order valence-electron chi connectivity index (χ1n) is 8.85. The van der Waals surface area contributed by atoms with Crippen molar-refractivity contribution in [2.75, 3.05) is 40.0 Å². The molecule has 3 aliphatic rings. The number of carbonyl (C=O) groups is 3. The van der Waals surface area contributed by atoms with Crippen molar-refractivity contribution in [3.63, 3.8) is 0 Å². The van der Waals surface area contributed by atoms with E-state index < -0.39 is 0 Å². The molecule has 140 valence electrons. The lowest BCUT2D eigenvalue weighted by atomic mass is 9.94. The highest BCUT2D eigenvalue weighted by atomic mass is 32.2. The first kappa shape index (κ1) is 18.8. The summed E-state index contributed by atoms with van der Waals surface area (Å²) >= 11 is 1.55. The van der Waals surface area contributed by atoms with Gasteiger partial charge in [-0.25, -0.2) is 0 Å². The molecule has 3 saturated heterocycles. The smallest absolute Gasteiger partial charge is 0.255 e. The van der Waals surface area contributed by atoms with Crippen LogP contribution in [0.4, 0.5) is 0 Å². The number of benzene rings is 1. The van der Waals surface area contributed by atoms with Crippen LogP contribution in [0.1, 0.15) is 23.2 Å². The molecule has 2 bridgehead atoms. The second kappa shape index (κ2) is 7.70. The summed E-state index contributed by atoms with van der Waals surface area (Å²) in [6.07, 6.45) is 3.57. The molecule has 3 heterocycles. The molecule has 6 nitrogen and oxygen atoms in total. The molecule has 0 saturated carbocycles. The monoisotopic (exact) mass is 375 g/mol. The van der Waals surface area contributed by atoms with Crippen LogP contribution >= 0.6 is 11.8 Å². The highest BCUT2D eigenvalue weighted by Crippen LogP contribution is 2.31. The van der Waals surface area contributed by atoms with E-state index in [9.17, 15) is 14.4 Å². The number of carbonyl (C=O) groups excluding carboxylic acids is 3. The van der Waals surface area contributed by atoms with E-state index in [-0.39, 0.29) is 36.2 Å². The number of hydrogen-bond acceptors (Lipinski definition) is 4. The van der Waals surface area contributed by atoms with E-state index in [0.29, 0.717) is 18.7 Å². The summed E-state index contributed by atoms with van der Waals surface area (Å²) in [6.45, 7) is 1.02. The Bertz CT molecular complexity index is 722. The zero-order valence-electron chi connectivity index (χ0n) is 15.5. The van der Waals surface area contributed by atoms with Crippen LogP contribution in [0.3, 0.4) is 0 Å². The first-order chi connectivity index (χ1) is 12.4. The summed E-state index contributed by atoms with van der Waals surface area (Å²) in [6, 6.07) is 7.49. The normalized spacial score (nSPS) is 22.3. The van der Waals surface area contributed by atoms with Crippen molar-refractivity contribution in [1.82, 2.24) is 14.7 Å². The number of thioether (sulfide) groups is 1. The van der Waals surface area contributed by atoms with Gasteiger partial charge < -0.3 is 14.7 Å². The molecule has 1 aromatic carbocycles. The van der Waals surface area contributed by atoms with Gasteiger partial charge >= 0.3 is 0 Å². The van der Waals surface area contributed by atoms with Crippen LogP contribution in [0.15, 0.2) is 29.2 Å². The highest BCUT2D eigenvalue weighted by molar-refractivity contribution is 7.98. The van der Waals surface area contributed by atoms with E-state index in [0.717, 1.165) is 17.7 Å². The molecule has 2 atom stereocenters. The standard InChI is InChI=1S/C19H25N3O3S/c1-20(2)17(23)12-22-14-9-8-13(18(22)24)10-21(11-14)19(25)15-6-4-5-7-16(15)26-3/h4-7,13-14H,8-12H2,1-3H3/t13-,14+/m1/s1. The molecule has 0 N–H and O–H groups in total. The van der Waals surface area contributed by atoms with E-state index in [1.54, 1.807) is 35.7 Å². The Kier molecular flexibility index (Phi) is 5.55. The molecule has 0 aliphatic carbocycles. The second-order valence-electron chi connectivity index (χ2n) is 7.09. The third kappa shape index (κ3) is 3.58. The minimum atomic E-state index is -0.214. The average molecular weight is 375 g/mol. The van der Waals surface area contributed by atoms with Gasteiger partial charge in [-0.15, -0.1) is 11.8 Å². The lowest BCUT2D eigenvalue weighted by molar-refractivity contribution is -0.145. The zero-order chi connectivity index (χ0) is 18.8. The van der Waals surface area contributed by atoms with Gasteiger partial charge in [-0.2, -0.15) is 0 Å². The van der Waals surface area contributed by atoms with Crippen LogP contribution in [-0.2, 0) is 9.59 Å². The fourth-order valence-electron chi connectivity index (χ4n) is 3.69. The SMILES string of the molecule is CSc1ccccc1C(=O)N1C[C@H]2CC[C@@H](C1)N(CC(=O)N(C)C)C2=O. The van der Waals surface area contributed by atoms with Crippen LogP contribution in [-0.4, -0.2) is 78.4 Å². The van der Waals surface area contributed by atoms with Gasteiger partial charge in [0.1, 0.15) is 6.54 Å². The maximum atomic E-state index is 13.1. The van der Waals surface area contributed by atoms with Crippen molar-refractivity contribution < 1.29 is 14.4 Å². The van der Waals surface area contributed by atoms with Crippen LogP contribution < -0.4 is 0 Å². The second-order valence-corrected chi connectivity index (χ2v) is 7.94. The Balaban J connectivity index is 1.82. The number of nitrogens with zero attached hydrogens (tertiary/aromatic N) is 3. The Labute approximate surface area is 158 Å². The minimum absolute atomic E-state index is 0.00454. The molecule has 1 aromatic rings. The van der Waals surface area contributed by atoms with E-state index in [2.05, 4.69) is 0 Å². The third-order valence-electron chi connectivity index (χ3n) is 5.22. The molecule has 0 spiro atoms. The fraction of sp³-hybridized carbons (Fsp3) is 0.526. The third-order valence-corrected chi connectivity index (χ3v) is 6.02. The van der Waals surface area contributed by atoms with Gasteiger partial charge in [-0.1, -0.05) is 12.1 Å². The maximum Gasteiger partial charge on any atom is 0.255 e. The molecule has 26 heavy (non-hydrogen) atoms. The quantitative estimate of drug-likeness (QED) is 0.750. The number of amides is 3. The molecule has 0 radical (unpaired) electrons. The Hall–Kier alpha value is -2.02. The summed E-state index contributed by atoms with van der Waals surface area (Å²) in [7, 11) is 3.39. The van der Waals surface area contributed by atoms with Crippen molar-refractivity contribution in [2.45, 2.75) is 23.8 Å².